The molecular weight excluding hydrogens is 983 g/mol. The number of hydrogen-bond donors (Lipinski definition) is 2. The van der Waals surface area contributed by atoms with E-state index in [4.69, 9.17) is 9.47 Å². The summed E-state index contributed by atoms with van der Waals surface area (Å²) in [6, 6.07) is 15.5. The van der Waals surface area contributed by atoms with Crippen LogP contribution in [0.2, 0.25) is 0 Å². The van der Waals surface area contributed by atoms with E-state index in [1.807, 2.05) is 26.0 Å². The SMILES string of the molecule is Cc1cccnc1N(C(=O)c1ccc(-c2cnn(C)c2-c2nnnn2[C@H](C)OC(=O)O[C@@H](C)n2nnnc2-c2c(-c3ccc(C(=O)N(c4ncccc4C)[C@@H]4CCCNC4)cc3F)cnn2C)c(F)c1)[C@@H]1CCCNC1. The van der Waals surface area contributed by atoms with Crippen LogP contribution in [-0.4, -0.2) is 126 Å². The Morgan fingerprint density at radius 3 is 1.46 bits per heavy atom. The molecule has 6 aromatic heterocycles. The lowest BCUT2D eigenvalue weighted by atomic mass is 10.0. The summed E-state index contributed by atoms with van der Waals surface area (Å²) in [6.45, 7) is 9.59. The fraction of sp³-hybridized carbons (Fsp3) is 0.353. The molecule has 0 aliphatic carbocycles. The molecule has 2 aromatic carbocycles. The number of benzene rings is 2. The summed E-state index contributed by atoms with van der Waals surface area (Å²) >= 11 is 0. The van der Waals surface area contributed by atoms with E-state index in [9.17, 15) is 14.4 Å². The van der Waals surface area contributed by atoms with Gasteiger partial charge in [-0.2, -0.15) is 19.6 Å². The Kier molecular flexibility index (Phi) is 14.5. The lowest BCUT2D eigenvalue weighted by Gasteiger charge is -2.34. The number of carbonyl (C=O) groups is 3. The van der Waals surface area contributed by atoms with Crippen molar-refractivity contribution in [3.8, 4) is 45.3 Å². The molecule has 23 nitrogen and oxygen atoms in total. The number of nitrogens with one attached hydrogen (secondary N) is 2. The first-order chi connectivity index (χ1) is 36.8. The number of aryl methyl sites for hydroxylation is 4. The predicted octanol–water partition coefficient (Wildman–Crippen LogP) is 6.17. The summed E-state index contributed by atoms with van der Waals surface area (Å²) in [4.78, 5) is 54.3. The average Bonchev–Trinajstić information content (AvgIpc) is 4.27. The van der Waals surface area contributed by atoms with Gasteiger partial charge in [0.25, 0.3) is 11.8 Å². The summed E-state index contributed by atoms with van der Waals surface area (Å²) in [6.07, 6.45) is 5.88. The average molecular weight is 1040 g/mol. The molecule has 8 heterocycles. The van der Waals surface area contributed by atoms with Gasteiger partial charge in [-0.3, -0.25) is 28.8 Å². The van der Waals surface area contributed by atoms with E-state index < -0.39 is 30.2 Å². The standard InChI is InChI=1S/C51H54F2N18O5/c1-29-11-7-21-56-45(29)68(35-13-9-19-54-25-35)49(72)33-15-17-37(41(52)23-33)39-27-58-66(5)43(39)47-60-62-64-70(47)31(3)75-51(74)76-32(4)71-48(61-63-65-71)44-40(28-59-67(44)6)38-18-16-34(24-42(38)53)50(73)69(36-14-10-20-55-26-36)46-30(2)12-8-22-57-46/h7-8,11-12,15-18,21-24,27-28,31-32,35-36,54-55H,9-10,13-14,19-20,25-26H2,1-6H3/t31-,32-,35+,36+/m0/s1. The van der Waals surface area contributed by atoms with Crippen molar-refractivity contribution < 1.29 is 32.6 Å². The Hall–Kier alpha value is -8.71. The minimum absolute atomic E-state index is 0.0720. The number of anilines is 2. The number of carbonyl (C=O) groups excluding carboxylic acids is 3. The highest BCUT2D eigenvalue weighted by atomic mass is 19.1. The molecule has 2 amide bonds. The highest BCUT2D eigenvalue weighted by molar-refractivity contribution is 6.07. The number of piperidine rings is 2. The van der Waals surface area contributed by atoms with Crippen molar-refractivity contribution in [3.63, 3.8) is 0 Å². The molecule has 8 aromatic rings. The number of hydrogen-bond acceptors (Lipinski definition) is 17. The van der Waals surface area contributed by atoms with Crippen LogP contribution in [0.3, 0.4) is 0 Å². The van der Waals surface area contributed by atoms with E-state index in [2.05, 4.69) is 61.8 Å². The van der Waals surface area contributed by atoms with E-state index in [0.717, 1.165) is 49.9 Å². The summed E-state index contributed by atoms with van der Waals surface area (Å²) in [5.41, 5.74) is 3.29. The van der Waals surface area contributed by atoms with Gasteiger partial charge in [0, 0.05) is 73.0 Å². The molecule has 2 N–H and O–H groups in total. The minimum atomic E-state index is -1.19. The van der Waals surface area contributed by atoms with Crippen LogP contribution in [0, 0.1) is 25.5 Å². The second-order valence-electron chi connectivity index (χ2n) is 18.7. The van der Waals surface area contributed by atoms with Crippen molar-refractivity contribution in [2.75, 3.05) is 36.0 Å². The van der Waals surface area contributed by atoms with Crippen LogP contribution >= 0.6 is 0 Å². The summed E-state index contributed by atoms with van der Waals surface area (Å²) in [7, 11) is 3.24. The molecule has 0 radical (unpaired) electrons. The quantitative estimate of drug-likeness (QED) is 0.116. The first-order valence-corrected chi connectivity index (χ1v) is 24.8. The molecule has 0 saturated carbocycles. The molecule has 2 aliphatic rings. The Bertz CT molecular complexity index is 3210. The number of pyridine rings is 2. The lowest BCUT2D eigenvalue weighted by Crippen LogP contribution is -2.49. The van der Waals surface area contributed by atoms with Crippen molar-refractivity contribution in [1.82, 2.24) is 80.6 Å². The number of rotatable bonds is 14. The molecular formula is C51H54F2N18O5. The molecule has 10 rings (SSSR count). The van der Waals surface area contributed by atoms with E-state index in [1.165, 1.54) is 69.2 Å². The molecule has 2 saturated heterocycles. The second kappa shape index (κ2) is 21.6. The first kappa shape index (κ1) is 50.8. The Morgan fingerprint density at radius 2 is 1.08 bits per heavy atom. The fourth-order valence-electron chi connectivity index (χ4n) is 9.84. The van der Waals surface area contributed by atoms with Crippen molar-refractivity contribution in [2.24, 2.45) is 14.1 Å². The number of nitrogens with zero attached hydrogens (tertiary/aromatic N) is 16. The van der Waals surface area contributed by atoms with Gasteiger partial charge in [0.05, 0.1) is 24.5 Å². The van der Waals surface area contributed by atoms with Crippen LogP contribution < -0.4 is 20.4 Å². The highest BCUT2D eigenvalue weighted by Crippen LogP contribution is 2.37. The zero-order valence-corrected chi connectivity index (χ0v) is 42.5. The van der Waals surface area contributed by atoms with Gasteiger partial charge in [-0.05, 0) is 135 Å². The van der Waals surface area contributed by atoms with Crippen LogP contribution in [0.15, 0.2) is 85.5 Å². The van der Waals surface area contributed by atoms with Crippen LogP contribution in [0.1, 0.15) is 83.8 Å². The van der Waals surface area contributed by atoms with Gasteiger partial charge in [-0.1, -0.05) is 24.3 Å². The molecule has 2 fully saturated rings. The van der Waals surface area contributed by atoms with Crippen LogP contribution in [0.25, 0.3) is 45.3 Å². The predicted molar refractivity (Wildman–Crippen MR) is 271 cm³/mol. The monoisotopic (exact) mass is 1040 g/mol. The minimum Gasteiger partial charge on any atom is -0.408 e. The maximum absolute atomic E-state index is 16.4. The molecule has 0 unspecified atom stereocenters. The van der Waals surface area contributed by atoms with Gasteiger partial charge in [0.2, 0.25) is 11.6 Å². The molecule has 76 heavy (non-hydrogen) atoms. The first-order valence-electron chi connectivity index (χ1n) is 24.8. The normalized spacial score (nSPS) is 16.5. The Labute approximate surface area is 434 Å². The second-order valence-corrected chi connectivity index (χ2v) is 18.7. The van der Waals surface area contributed by atoms with Gasteiger partial charge < -0.3 is 20.1 Å². The molecule has 25 heteroatoms. The third-order valence-electron chi connectivity index (χ3n) is 13.7. The summed E-state index contributed by atoms with van der Waals surface area (Å²) in [5, 5.41) is 39.7. The zero-order chi connectivity index (χ0) is 53.2. The van der Waals surface area contributed by atoms with Crippen LogP contribution in [0.4, 0.5) is 25.2 Å². The van der Waals surface area contributed by atoms with E-state index in [0.29, 0.717) is 35.9 Å². The Balaban J connectivity index is 0.846. The van der Waals surface area contributed by atoms with Crippen LogP contribution in [-0.2, 0) is 23.6 Å². The molecule has 0 spiro atoms. The van der Waals surface area contributed by atoms with E-state index in [1.54, 1.807) is 60.6 Å². The number of amides is 2. The van der Waals surface area contributed by atoms with Crippen molar-refractivity contribution >= 4 is 29.6 Å². The van der Waals surface area contributed by atoms with Crippen molar-refractivity contribution in [2.45, 2.75) is 77.9 Å². The molecule has 4 atom stereocenters. The molecule has 0 bridgehead atoms. The zero-order valence-electron chi connectivity index (χ0n) is 42.5. The van der Waals surface area contributed by atoms with Crippen LogP contribution in [0.5, 0.6) is 0 Å². The molecule has 2 aliphatic heterocycles. The topological polar surface area (TPSA) is 249 Å². The number of tetrazole rings is 2. The van der Waals surface area contributed by atoms with Gasteiger partial charge in [-0.15, -0.1) is 10.2 Å². The van der Waals surface area contributed by atoms with E-state index >= 15 is 8.78 Å². The summed E-state index contributed by atoms with van der Waals surface area (Å²) in [5.74, 6) is -0.990. The molecule has 392 valence electrons. The lowest BCUT2D eigenvalue weighted by molar-refractivity contribution is -0.0374. The smallest absolute Gasteiger partial charge is 0.408 e. The number of halogens is 2. The number of aromatic nitrogens is 14. The van der Waals surface area contributed by atoms with Crippen molar-refractivity contribution in [1.29, 1.82) is 0 Å². The third kappa shape index (κ3) is 9.88. The Morgan fingerprint density at radius 1 is 0.645 bits per heavy atom. The van der Waals surface area contributed by atoms with Gasteiger partial charge in [0.15, 0.2) is 12.5 Å². The maximum atomic E-state index is 16.4. The number of ether oxygens (including phenoxy) is 2. The third-order valence-corrected chi connectivity index (χ3v) is 13.7. The maximum Gasteiger partial charge on any atom is 0.512 e. The van der Waals surface area contributed by atoms with E-state index in [-0.39, 0.29) is 69.2 Å². The fourth-order valence-corrected chi connectivity index (χ4v) is 9.84. The van der Waals surface area contributed by atoms with Crippen molar-refractivity contribution in [3.05, 3.63) is 119 Å². The summed E-state index contributed by atoms with van der Waals surface area (Å²) < 4.78 is 49.4. The van der Waals surface area contributed by atoms with Gasteiger partial charge in [-0.25, -0.2) is 23.5 Å². The largest absolute Gasteiger partial charge is 0.512 e. The van der Waals surface area contributed by atoms with Gasteiger partial charge in [0.1, 0.15) is 34.7 Å². The highest BCUT2D eigenvalue weighted by Gasteiger charge is 2.34. The van der Waals surface area contributed by atoms with Gasteiger partial charge >= 0.3 is 6.16 Å².